The molecule has 0 saturated heterocycles. The second-order valence-electron chi connectivity index (χ2n) is 6.98. The number of hydrogen-bond donors (Lipinski definition) is 0. The fourth-order valence-corrected chi connectivity index (χ4v) is 5.27. The summed E-state index contributed by atoms with van der Waals surface area (Å²) in [4.78, 5) is 0. The van der Waals surface area contributed by atoms with Crippen LogP contribution in [0, 0.1) is 62.1 Å². The second kappa shape index (κ2) is 5.62. The van der Waals surface area contributed by atoms with E-state index in [1.165, 1.54) is 16.7 Å². The molecule has 0 bridgehead atoms. The van der Waals surface area contributed by atoms with Crippen molar-refractivity contribution in [3.05, 3.63) is 33.9 Å². The number of nitriles is 4. The number of aryl methyl sites for hydroxylation is 1. The zero-order valence-corrected chi connectivity index (χ0v) is 14.8. The Hall–Kier alpha value is -2.82. The Kier molecular flexibility index (Phi) is 3.82. The van der Waals surface area contributed by atoms with E-state index in [4.69, 9.17) is 0 Å². The van der Waals surface area contributed by atoms with Gasteiger partial charge in [0.2, 0.25) is 0 Å². The van der Waals surface area contributed by atoms with Gasteiger partial charge in [-0.2, -0.15) is 21.0 Å². The average Bonchev–Trinajstić information content (AvgIpc) is 2.99. The third-order valence-electron chi connectivity index (χ3n) is 6.36. The summed E-state index contributed by atoms with van der Waals surface area (Å²) in [6.45, 7) is 6.36. The van der Waals surface area contributed by atoms with Crippen molar-refractivity contribution in [2.24, 2.45) is 16.7 Å². The number of rotatable bonds is 3. The summed E-state index contributed by atoms with van der Waals surface area (Å²) in [5, 5.41) is 39.1. The van der Waals surface area contributed by atoms with E-state index in [-0.39, 0.29) is 11.8 Å². The molecular weight excluding hydrogens is 308 g/mol. The van der Waals surface area contributed by atoms with Gasteiger partial charge in [0, 0.05) is 11.8 Å². The lowest BCUT2D eigenvalue weighted by Crippen LogP contribution is -2.60. The van der Waals surface area contributed by atoms with Crippen LogP contribution in [0.15, 0.2) is 6.07 Å². The standard InChI is InChI=1S/C21H20N4/c1-4-13-7-14-8-17-19(18(14)16(6-3)15(13)5-2)21(11-24,12-25)20(17,9-22)10-23/h7,17,19H,4-6,8H2,1-3H3. The molecule has 2 aliphatic carbocycles. The van der Waals surface area contributed by atoms with Gasteiger partial charge in [0.1, 0.15) is 0 Å². The van der Waals surface area contributed by atoms with Crippen molar-refractivity contribution >= 4 is 0 Å². The third kappa shape index (κ3) is 1.68. The fourth-order valence-electron chi connectivity index (χ4n) is 5.27. The topological polar surface area (TPSA) is 95.2 Å². The lowest BCUT2D eigenvalue weighted by Gasteiger charge is -2.53. The summed E-state index contributed by atoms with van der Waals surface area (Å²) in [5.41, 5.74) is 2.93. The zero-order valence-electron chi connectivity index (χ0n) is 14.8. The molecule has 0 N–H and O–H groups in total. The largest absolute Gasteiger partial charge is 0.196 e. The zero-order chi connectivity index (χ0) is 18.4. The molecule has 1 fully saturated rings. The van der Waals surface area contributed by atoms with Gasteiger partial charge < -0.3 is 0 Å². The van der Waals surface area contributed by atoms with E-state index in [9.17, 15) is 21.0 Å². The van der Waals surface area contributed by atoms with E-state index in [0.717, 1.165) is 30.4 Å². The lowest BCUT2D eigenvalue weighted by atomic mass is 9.40. The first-order chi connectivity index (χ1) is 12.0. The van der Waals surface area contributed by atoms with Crippen LogP contribution < -0.4 is 0 Å². The maximum Gasteiger partial charge on any atom is 0.182 e. The van der Waals surface area contributed by atoms with Crippen LogP contribution in [0.3, 0.4) is 0 Å². The van der Waals surface area contributed by atoms with Gasteiger partial charge in [0.15, 0.2) is 10.8 Å². The number of nitrogens with zero attached hydrogens (tertiary/aromatic N) is 4. The molecule has 1 aromatic rings. The Morgan fingerprint density at radius 1 is 0.880 bits per heavy atom. The van der Waals surface area contributed by atoms with Gasteiger partial charge in [-0.25, -0.2) is 0 Å². The van der Waals surface area contributed by atoms with Crippen LogP contribution in [0.1, 0.15) is 54.5 Å². The Balaban J connectivity index is 2.33. The first-order valence-corrected chi connectivity index (χ1v) is 8.86. The Morgan fingerprint density at radius 3 is 1.88 bits per heavy atom. The molecule has 1 aromatic carbocycles. The molecule has 2 unspecified atom stereocenters. The molecule has 0 aliphatic heterocycles. The summed E-state index contributed by atoms with van der Waals surface area (Å²) < 4.78 is 0. The van der Waals surface area contributed by atoms with Crippen molar-refractivity contribution in [2.45, 2.75) is 52.4 Å². The molecule has 2 aliphatic rings. The van der Waals surface area contributed by atoms with Crippen molar-refractivity contribution < 1.29 is 0 Å². The molecule has 0 aromatic heterocycles. The summed E-state index contributed by atoms with van der Waals surface area (Å²) in [7, 11) is 0. The van der Waals surface area contributed by atoms with E-state index in [1.54, 1.807) is 0 Å². The number of fused-ring (bicyclic) bond motifs is 3. The van der Waals surface area contributed by atoms with Gasteiger partial charge in [-0.15, -0.1) is 0 Å². The highest BCUT2D eigenvalue weighted by molar-refractivity contribution is 5.61. The summed E-state index contributed by atoms with van der Waals surface area (Å²) in [6.07, 6.45) is 3.28. The van der Waals surface area contributed by atoms with Crippen molar-refractivity contribution in [3.63, 3.8) is 0 Å². The van der Waals surface area contributed by atoms with Gasteiger partial charge in [0.25, 0.3) is 0 Å². The van der Waals surface area contributed by atoms with Crippen LogP contribution in [0.2, 0.25) is 0 Å². The highest BCUT2D eigenvalue weighted by Crippen LogP contribution is 2.72. The number of benzene rings is 1. The molecular formula is C21H20N4. The van der Waals surface area contributed by atoms with Gasteiger partial charge in [0.05, 0.1) is 24.3 Å². The minimum absolute atomic E-state index is 0.265. The molecule has 0 heterocycles. The predicted octanol–water partition coefficient (Wildman–Crippen LogP) is 3.71. The lowest BCUT2D eigenvalue weighted by molar-refractivity contribution is 0.00946. The normalized spacial score (nSPS) is 23.8. The highest BCUT2D eigenvalue weighted by atomic mass is 14.7. The van der Waals surface area contributed by atoms with Crippen LogP contribution in [-0.4, -0.2) is 0 Å². The van der Waals surface area contributed by atoms with Gasteiger partial charge in [-0.05, 0) is 53.5 Å². The molecule has 4 heteroatoms. The molecule has 0 amide bonds. The highest BCUT2D eigenvalue weighted by Gasteiger charge is 2.77. The smallest absolute Gasteiger partial charge is 0.182 e. The monoisotopic (exact) mass is 328 g/mol. The summed E-state index contributed by atoms with van der Waals surface area (Å²) in [5.74, 6) is -0.595. The van der Waals surface area contributed by atoms with Crippen LogP contribution in [0.5, 0.6) is 0 Å². The molecule has 3 rings (SSSR count). The minimum atomic E-state index is -1.57. The van der Waals surface area contributed by atoms with Gasteiger partial charge in [-0.3, -0.25) is 0 Å². The molecule has 4 nitrogen and oxygen atoms in total. The van der Waals surface area contributed by atoms with E-state index in [1.807, 2.05) is 0 Å². The van der Waals surface area contributed by atoms with E-state index in [0.29, 0.717) is 6.42 Å². The molecule has 0 spiro atoms. The SMILES string of the molecule is CCc1cc2c(c(CC)c1CC)C1C(C2)C(C#N)(C#N)C1(C#N)C#N. The van der Waals surface area contributed by atoms with E-state index in [2.05, 4.69) is 51.1 Å². The first-order valence-electron chi connectivity index (χ1n) is 8.86. The molecule has 2 atom stereocenters. The second-order valence-corrected chi connectivity index (χ2v) is 6.98. The van der Waals surface area contributed by atoms with Gasteiger partial charge in [-0.1, -0.05) is 26.8 Å². The van der Waals surface area contributed by atoms with Crippen molar-refractivity contribution in [1.82, 2.24) is 0 Å². The first kappa shape index (κ1) is 17.0. The maximum absolute atomic E-state index is 9.82. The quantitative estimate of drug-likeness (QED) is 0.845. The van der Waals surface area contributed by atoms with Gasteiger partial charge >= 0.3 is 0 Å². The molecule has 124 valence electrons. The van der Waals surface area contributed by atoms with Crippen molar-refractivity contribution in [3.8, 4) is 24.3 Å². The predicted molar refractivity (Wildman–Crippen MR) is 91.8 cm³/mol. The minimum Gasteiger partial charge on any atom is -0.196 e. The number of hydrogen-bond acceptors (Lipinski definition) is 4. The van der Waals surface area contributed by atoms with Crippen LogP contribution in [0.4, 0.5) is 0 Å². The molecule has 0 radical (unpaired) electrons. The molecule has 25 heavy (non-hydrogen) atoms. The van der Waals surface area contributed by atoms with Crippen LogP contribution in [0.25, 0.3) is 0 Å². The Labute approximate surface area is 148 Å². The van der Waals surface area contributed by atoms with E-state index < -0.39 is 10.8 Å². The fraction of sp³-hybridized carbons (Fsp3) is 0.524. The van der Waals surface area contributed by atoms with Crippen LogP contribution >= 0.6 is 0 Å². The van der Waals surface area contributed by atoms with Crippen molar-refractivity contribution in [1.29, 1.82) is 21.0 Å². The summed E-state index contributed by atoms with van der Waals surface area (Å²) >= 11 is 0. The van der Waals surface area contributed by atoms with Crippen LogP contribution in [-0.2, 0) is 25.7 Å². The Bertz CT molecular complexity index is 886. The third-order valence-corrected chi connectivity index (χ3v) is 6.36. The molecule has 1 saturated carbocycles. The van der Waals surface area contributed by atoms with E-state index >= 15 is 0 Å². The Morgan fingerprint density at radius 2 is 1.44 bits per heavy atom. The maximum atomic E-state index is 9.82. The average molecular weight is 328 g/mol. The van der Waals surface area contributed by atoms with Crippen molar-refractivity contribution in [2.75, 3.05) is 0 Å². The summed E-state index contributed by atoms with van der Waals surface area (Å²) in [6, 6.07) is 10.5.